The molecule has 0 saturated heterocycles. The fraction of sp³-hybridized carbons (Fsp3) is 0.0476. The van der Waals surface area contributed by atoms with Crippen molar-refractivity contribution < 1.29 is 4.79 Å². The molecule has 2 heterocycles. The van der Waals surface area contributed by atoms with Crippen molar-refractivity contribution in [3.05, 3.63) is 82.7 Å². The average molecular weight is 344 g/mol. The smallest absolute Gasteiger partial charge is 0.205 e. The van der Waals surface area contributed by atoms with E-state index in [4.69, 9.17) is 10.7 Å². The molecule has 3 nitrogen and oxygen atoms in total. The van der Waals surface area contributed by atoms with Crippen molar-refractivity contribution in [2.45, 2.75) is 6.92 Å². The van der Waals surface area contributed by atoms with Crippen molar-refractivity contribution in [3.8, 4) is 11.3 Å². The number of pyridine rings is 1. The first kappa shape index (κ1) is 15.5. The lowest BCUT2D eigenvalue weighted by molar-refractivity contribution is 0.104. The molecular weight excluding hydrogens is 328 g/mol. The Labute approximate surface area is 149 Å². The van der Waals surface area contributed by atoms with E-state index in [0.29, 0.717) is 16.1 Å². The molecule has 0 bridgehead atoms. The molecule has 2 aromatic carbocycles. The van der Waals surface area contributed by atoms with Gasteiger partial charge in [0.2, 0.25) is 5.78 Å². The predicted molar refractivity (Wildman–Crippen MR) is 104 cm³/mol. The molecule has 4 heteroatoms. The number of anilines is 1. The van der Waals surface area contributed by atoms with Crippen LogP contribution in [0.4, 0.5) is 5.69 Å². The number of fused-ring (bicyclic) bond motifs is 1. The van der Waals surface area contributed by atoms with Crippen molar-refractivity contribution in [2.24, 2.45) is 0 Å². The van der Waals surface area contributed by atoms with E-state index in [1.807, 2.05) is 30.3 Å². The summed E-state index contributed by atoms with van der Waals surface area (Å²) in [6, 6.07) is 21.3. The van der Waals surface area contributed by atoms with E-state index in [-0.39, 0.29) is 5.78 Å². The Balaban J connectivity index is 1.79. The summed E-state index contributed by atoms with van der Waals surface area (Å²) in [5.74, 6) is -0.0574. The summed E-state index contributed by atoms with van der Waals surface area (Å²) in [6.45, 7) is 2.06. The number of aryl methyl sites for hydroxylation is 1. The fourth-order valence-electron chi connectivity index (χ4n) is 2.77. The normalized spacial score (nSPS) is 10.9. The predicted octanol–water partition coefficient (Wildman–Crippen LogP) is 5.08. The zero-order valence-corrected chi connectivity index (χ0v) is 14.5. The molecule has 4 rings (SSSR count). The Morgan fingerprint density at radius 3 is 2.40 bits per heavy atom. The Morgan fingerprint density at radius 1 is 0.960 bits per heavy atom. The van der Waals surface area contributed by atoms with Gasteiger partial charge in [-0.2, -0.15) is 0 Å². The van der Waals surface area contributed by atoms with Crippen molar-refractivity contribution in [1.29, 1.82) is 0 Å². The van der Waals surface area contributed by atoms with Crippen molar-refractivity contribution in [2.75, 3.05) is 5.73 Å². The number of ketones is 1. The molecule has 0 aliphatic rings. The molecule has 0 atom stereocenters. The summed E-state index contributed by atoms with van der Waals surface area (Å²) in [4.78, 5) is 18.8. The number of nitrogens with zero attached hydrogens (tertiary/aromatic N) is 1. The van der Waals surface area contributed by atoms with Crippen LogP contribution in [0.25, 0.3) is 21.5 Å². The number of carbonyl (C=O) groups is 1. The summed E-state index contributed by atoms with van der Waals surface area (Å²) in [6.07, 6.45) is 0. The third-order valence-electron chi connectivity index (χ3n) is 4.18. The molecule has 2 aromatic heterocycles. The first-order valence-electron chi connectivity index (χ1n) is 7.99. The quantitative estimate of drug-likeness (QED) is 0.527. The van der Waals surface area contributed by atoms with Gasteiger partial charge in [-0.15, -0.1) is 11.3 Å². The van der Waals surface area contributed by atoms with Crippen molar-refractivity contribution >= 4 is 33.0 Å². The lowest BCUT2D eigenvalue weighted by Crippen LogP contribution is -2.01. The molecule has 0 saturated carbocycles. The van der Waals surface area contributed by atoms with Gasteiger partial charge < -0.3 is 5.73 Å². The number of aromatic nitrogens is 1. The molecule has 0 amide bonds. The van der Waals surface area contributed by atoms with Gasteiger partial charge in [0.15, 0.2) is 0 Å². The fourth-order valence-corrected chi connectivity index (χ4v) is 3.83. The van der Waals surface area contributed by atoms with Gasteiger partial charge in [-0.1, -0.05) is 60.2 Å². The molecule has 4 aromatic rings. The van der Waals surface area contributed by atoms with E-state index in [1.54, 1.807) is 12.1 Å². The summed E-state index contributed by atoms with van der Waals surface area (Å²) < 4.78 is 0. The summed E-state index contributed by atoms with van der Waals surface area (Å²) in [5, 5.41) is 0.833. The molecule has 0 fully saturated rings. The van der Waals surface area contributed by atoms with Crippen molar-refractivity contribution in [1.82, 2.24) is 4.98 Å². The van der Waals surface area contributed by atoms with E-state index in [0.717, 1.165) is 21.5 Å². The highest BCUT2D eigenvalue weighted by Crippen LogP contribution is 2.35. The highest BCUT2D eigenvalue weighted by molar-refractivity contribution is 7.21. The second-order valence-electron chi connectivity index (χ2n) is 5.96. The number of benzene rings is 2. The summed E-state index contributed by atoms with van der Waals surface area (Å²) in [7, 11) is 0. The van der Waals surface area contributed by atoms with Crippen LogP contribution in [0.2, 0.25) is 0 Å². The SMILES string of the molecule is Cc1ccc(-c2ccc3c(N)c(C(=O)c4ccccc4)sc3n2)cc1. The van der Waals surface area contributed by atoms with Gasteiger partial charge >= 0.3 is 0 Å². The van der Waals surface area contributed by atoms with Gasteiger partial charge in [-0.3, -0.25) is 4.79 Å². The molecule has 25 heavy (non-hydrogen) atoms. The first-order valence-corrected chi connectivity index (χ1v) is 8.81. The van der Waals surface area contributed by atoms with Crippen LogP contribution >= 0.6 is 11.3 Å². The topological polar surface area (TPSA) is 56.0 Å². The van der Waals surface area contributed by atoms with Crippen LogP contribution in [0.15, 0.2) is 66.7 Å². The van der Waals surface area contributed by atoms with Gasteiger partial charge in [0.25, 0.3) is 0 Å². The van der Waals surface area contributed by atoms with Crippen LogP contribution in [0.1, 0.15) is 20.8 Å². The minimum absolute atomic E-state index is 0.0574. The van der Waals surface area contributed by atoms with Crippen LogP contribution in [0.3, 0.4) is 0 Å². The van der Waals surface area contributed by atoms with Gasteiger partial charge in [0.1, 0.15) is 9.71 Å². The molecule has 0 aliphatic carbocycles. The monoisotopic (exact) mass is 344 g/mol. The van der Waals surface area contributed by atoms with E-state index in [1.165, 1.54) is 16.9 Å². The minimum atomic E-state index is -0.0574. The van der Waals surface area contributed by atoms with Crippen molar-refractivity contribution in [3.63, 3.8) is 0 Å². The Bertz CT molecular complexity index is 1070. The second kappa shape index (κ2) is 6.15. The molecule has 0 spiro atoms. The van der Waals surface area contributed by atoms with E-state index < -0.39 is 0 Å². The molecule has 0 aliphatic heterocycles. The number of hydrogen-bond acceptors (Lipinski definition) is 4. The van der Waals surface area contributed by atoms with E-state index >= 15 is 0 Å². The highest BCUT2D eigenvalue weighted by atomic mass is 32.1. The third kappa shape index (κ3) is 2.81. The van der Waals surface area contributed by atoms with E-state index in [2.05, 4.69) is 31.2 Å². The average Bonchev–Trinajstić information content (AvgIpc) is 2.98. The zero-order chi connectivity index (χ0) is 17.4. The van der Waals surface area contributed by atoms with Gasteiger partial charge in [0.05, 0.1) is 11.4 Å². The first-order chi connectivity index (χ1) is 12.1. The van der Waals surface area contributed by atoms with Crippen LogP contribution in [-0.2, 0) is 0 Å². The number of nitrogens with two attached hydrogens (primary N) is 1. The molecular formula is C21H16N2OS. The van der Waals surface area contributed by atoms with E-state index in [9.17, 15) is 4.79 Å². The maximum atomic E-state index is 12.7. The van der Waals surface area contributed by atoms with Crippen LogP contribution in [-0.4, -0.2) is 10.8 Å². The minimum Gasteiger partial charge on any atom is -0.397 e. The third-order valence-corrected chi connectivity index (χ3v) is 5.30. The number of carbonyl (C=O) groups excluding carboxylic acids is 1. The number of rotatable bonds is 3. The van der Waals surface area contributed by atoms with Crippen LogP contribution < -0.4 is 5.73 Å². The molecule has 0 unspecified atom stereocenters. The van der Waals surface area contributed by atoms with Gasteiger partial charge in [-0.25, -0.2) is 4.98 Å². The maximum absolute atomic E-state index is 12.7. The highest BCUT2D eigenvalue weighted by Gasteiger charge is 2.19. The largest absolute Gasteiger partial charge is 0.397 e. The van der Waals surface area contributed by atoms with Crippen LogP contribution in [0, 0.1) is 6.92 Å². The Hall–Kier alpha value is -2.98. The molecule has 0 radical (unpaired) electrons. The van der Waals surface area contributed by atoms with Crippen LogP contribution in [0.5, 0.6) is 0 Å². The number of nitrogen functional groups attached to an aromatic ring is 1. The summed E-state index contributed by atoms with van der Waals surface area (Å²) >= 11 is 1.35. The Morgan fingerprint density at radius 2 is 1.68 bits per heavy atom. The second-order valence-corrected chi connectivity index (χ2v) is 6.95. The van der Waals surface area contributed by atoms with Gasteiger partial charge in [-0.05, 0) is 19.1 Å². The molecule has 122 valence electrons. The lowest BCUT2D eigenvalue weighted by atomic mass is 10.1. The lowest BCUT2D eigenvalue weighted by Gasteiger charge is -2.01. The number of thiophene rings is 1. The number of hydrogen-bond donors (Lipinski definition) is 1. The standard InChI is InChI=1S/C21H16N2OS/c1-13-7-9-14(10-8-13)17-12-11-16-18(22)20(25-21(16)23-17)19(24)15-5-3-2-4-6-15/h2-12H,22H2,1H3. The zero-order valence-electron chi connectivity index (χ0n) is 13.7. The summed E-state index contributed by atoms with van der Waals surface area (Å²) in [5.41, 5.74) is 10.5. The molecule has 2 N–H and O–H groups in total. The maximum Gasteiger partial charge on any atom is 0.205 e. The Kier molecular flexibility index (Phi) is 3.82. The van der Waals surface area contributed by atoms with Gasteiger partial charge in [0, 0.05) is 16.5 Å².